The van der Waals surface area contributed by atoms with Crippen LogP contribution in [0.2, 0.25) is 0 Å². The lowest BCUT2D eigenvalue weighted by atomic mass is 10.1. The van der Waals surface area contributed by atoms with Crippen molar-refractivity contribution < 1.29 is 9.84 Å². The van der Waals surface area contributed by atoms with Gasteiger partial charge >= 0.3 is 0 Å². The van der Waals surface area contributed by atoms with E-state index in [4.69, 9.17) is 4.74 Å². The third-order valence-corrected chi connectivity index (χ3v) is 2.18. The van der Waals surface area contributed by atoms with E-state index in [1.165, 1.54) is 0 Å². The molecule has 0 saturated heterocycles. The minimum atomic E-state index is -0.383. The predicted octanol–water partition coefficient (Wildman–Crippen LogP) is 1.80. The highest BCUT2D eigenvalue weighted by atomic mass is 16.5. The molecule has 3 nitrogen and oxygen atoms in total. The van der Waals surface area contributed by atoms with Crippen molar-refractivity contribution in [2.24, 2.45) is 5.92 Å². The van der Waals surface area contributed by atoms with Gasteiger partial charge in [-0.2, -0.15) is 0 Å². The van der Waals surface area contributed by atoms with Crippen molar-refractivity contribution in [1.29, 1.82) is 0 Å². The van der Waals surface area contributed by atoms with Gasteiger partial charge in [-0.1, -0.05) is 20.8 Å². The summed E-state index contributed by atoms with van der Waals surface area (Å²) in [6, 6.07) is 0. The van der Waals surface area contributed by atoms with E-state index in [9.17, 15) is 5.11 Å². The van der Waals surface area contributed by atoms with Crippen LogP contribution in [0.3, 0.4) is 0 Å². The number of hydrogen-bond donors (Lipinski definition) is 2. The standard InChI is InChI=1S/C12H27NO2/c1-5-6-13-8-12(14)9-15-11(4)7-10(2)3/h10-14H,5-9H2,1-4H3. The summed E-state index contributed by atoms with van der Waals surface area (Å²) in [6.07, 6.45) is 2.00. The lowest BCUT2D eigenvalue weighted by Crippen LogP contribution is -2.32. The molecule has 0 rings (SSSR count). The van der Waals surface area contributed by atoms with Crippen molar-refractivity contribution in [3.05, 3.63) is 0 Å². The minimum Gasteiger partial charge on any atom is -0.389 e. The van der Waals surface area contributed by atoms with Gasteiger partial charge in [-0.3, -0.25) is 0 Å². The Bertz CT molecular complexity index is 140. The maximum Gasteiger partial charge on any atom is 0.0897 e. The van der Waals surface area contributed by atoms with Crippen molar-refractivity contribution in [3.63, 3.8) is 0 Å². The quantitative estimate of drug-likeness (QED) is 0.579. The van der Waals surface area contributed by atoms with E-state index in [0.29, 0.717) is 19.1 Å². The zero-order valence-corrected chi connectivity index (χ0v) is 10.6. The van der Waals surface area contributed by atoms with Crippen LogP contribution in [0.25, 0.3) is 0 Å². The van der Waals surface area contributed by atoms with Crippen LogP contribution in [0.4, 0.5) is 0 Å². The molecule has 0 aromatic rings. The monoisotopic (exact) mass is 217 g/mol. The molecule has 0 spiro atoms. The summed E-state index contributed by atoms with van der Waals surface area (Å²) < 4.78 is 5.56. The van der Waals surface area contributed by atoms with Gasteiger partial charge in [0.15, 0.2) is 0 Å². The molecule has 15 heavy (non-hydrogen) atoms. The van der Waals surface area contributed by atoms with E-state index in [1.807, 2.05) is 0 Å². The van der Waals surface area contributed by atoms with Gasteiger partial charge in [-0.15, -0.1) is 0 Å². The van der Waals surface area contributed by atoms with Gasteiger partial charge in [0.25, 0.3) is 0 Å². The summed E-state index contributed by atoms with van der Waals surface area (Å²) >= 11 is 0. The molecule has 0 aromatic carbocycles. The molecule has 3 heteroatoms. The largest absolute Gasteiger partial charge is 0.389 e. The summed E-state index contributed by atoms with van der Waals surface area (Å²) in [5, 5.41) is 12.7. The predicted molar refractivity (Wildman–Crippen MR) is 64.0 cm³/mol. The fourth-order valence-corrected chi connectivity index (χ4v) is 1.51. The topological polar surface area (TPSA) is 41.5 Å². The van der Waals surface area contributed by atoms with Crippen LogP contribution in [0.1, 0.15) is 40.5 Å². The first kappa shape index (κ1) is 14.9. The first-order valence-corrected chi connectivity index (χ1v) is 6.06. The van der Waals surface area contributed by atoms with Crippen LogP contribution in [0.15, 0.2) is 0 Å². The second-order valence-corrected chi connectivity index (χ2v) is 4.63. The normalized spacial score (nSPS) is 15.6. The highest BCUT2D eigenvalue weighted by molar-refractivity contribution is 4.60. The summed E-state index contributed by atoms with van der Waals surface area (Å²) in [7, 11) is 0. The van der Waals surface area contributed by atoms with E-state index < -0.39 is 0 Å². The van der Waals surface area contributed by atoms with Gasteiger partial charge in [0.2, 0.25) is 0 Å². The number of rotatable bonds is 9. The maximum atomic E-state index is 9.57. The Morgan fingerprint density at radius 1 is 1.27 bits per heavy atom. The first-order chi connectivity index (χ1) is 7.06. The molecule has 2 N–H and O–H groups in total. The molecule has 0 bridgehead atoms. The fourth-order valence-electron chi connectivity index (χ4n) is 1.51. The third-order valence-electron chi connectivity index (χ3n) is 2.18. The number of aliphatic hydroxyl groups is 1. The number of aliphatic hydroxyl groups excluding tert-OH is 1. The highest BCUT2D eigenvalue weighted by Crippen LogP contribution is 2.07. The van der Waals surface area contributed by atoms with Gasteiger partial charge < -0.3 is 15.2 Å². The van der Waals surface area contributed by atoms with Gasteiger partial charge in [0.05, 0.1) is 18.8 Å². The molecule has 0 saturated carbocycles. The Labute approximate surface area is 94.2 Å². The Kier molecular flexibility index (Phi) is 9.06. The highest BCUT2D eigenvalue weighted by Gasteiger charge is 2.08. The first-order valence-electron chi connectivity index (χ1n) is 6.06. The lowest BCUT2D eigenvalue weighted by Gasteiger charge is -2.18. The van der Waals surface area contributed by atoms with Gasteiger partial charge in [-0.25, -0.2) is 0 Å². The summed E-state index contributed by atoms with van der Waals surface area (Å²) in [5.41, 5.74) is 0. The molecule has 0 radical (unpaired) electrons. The zero-order valence-electron chi connectivity index (χ0n) is 10.6. The zero-order chi connectivity index (χ0) is 11.7. The molecule has 2 atom stereocenters. The fraction of sp³-hybridized carbons (Fsp3) is 1.00. The summed E-state index contributed by atoms with van der Waals surface area (Å²) in [5.74, 6) is 0.648. The summed E-state index contributed by atoms with van der Waals surface area (Å²) in [6.45, 7) is 10.6. The van der Waals surface area contributed by atoms with Crippen LogP contribution >= 0.6 is 0 Å². The van der Waals surface area contributed by atoms with E-state index in [1.54, 1.807) is 0 Å². The number of hydrogen-bond acceptors (Lipinski definition) is 3. The average molecular weight is 217 g/mol. The van der Waals surface area contributed by atoms with Crippen LogP contribution in [0.5, 0.6) is 0 Å². The van der Waals surface area contributed by atoms with Crippen LogP contribution in [0, 0.1) is 5.92 Å². The molecule has 0 aliphatic carbocycles. The Morgan fingerprint density at radius 3 is 2.47 bits per heavy atom. The van der Waals surface area contributed by atoms with E-state index in [-0.39, 0.29) is 12.2 Å². The van der Waals surface area contributed by atoms with Crippen molar-refractivity contribution in [2.75, 3.05) is 19.7 Å². The SMILES string of the molecule is CCCNCC(O)COC(C)CC(C)C. The van der Waals surface area contributed by atoms with Gasteiger partial charge in [0.1, 0.15) is 0 Å². The molecule has 2 unspecified atom stereocenters. The van der Waals surface area contributed by atoms with Gasteiger partial charge in [-0.05, 0) is 32.2 Å². The Balaban J connectivity index is 3.39. The average Bonchev–Trinajstić information content (AvgIpc) is 2.14. The molecule has 0 heterocycles. The van der Waals surface area contributed by atoms with Crippen molar-refractivity contribution in [1.82, 2.24) is 5.32 Å². The van der Waals surface area contributed by atoms with E-state index in [0.717, 1.165) is 19.4 Å². The number of ether oxygens (including phenoxy) is 1. The Morgan fingerprint density at radius 2 is 1.93 bits per heavy atom. The molecule has 92 valence electrons. The van der Waals surface area contributed by atoms with Crippen LogP contribution < -0.4 is 5.32 Å². The molecular weight excluding hydrogens is 190 g/mol. The van der Waals surface area contributed by atoms with E-state index >= 15 is 0 Å². The second kappa shape index (κ2) is 9.13. The summed E-state index contributed by atoms with van der Waals surface area (Å²) in [4.78, 5) is 0. The maximum absolute atomic E-state index is 9.57. The number of nitrogens with one attached hydrogen (secondary N) is 1. The van der Waals surface area contributed by atoms with E-state index in [2.05, 4.69) is 33.0 Å². The second-order valence-electron chi connectivity index (χ2n) is 4.63. The van der Waals surface area contributed by atoms with Crippen molar-refractivity contribution in [2.45, 2.75) is 52.7 Å². The molecule has 0 amide bonds. The van der Waals surface area contributed by atoms with Crippen LogP contribution in [-0.4, -0.2) is 37.0 Å². The third kappa shape index (κ3) is 10.2. The smallest absolute Gasteiger partial charge is 0.0897 e. The van der Waals surface area contributed by atoms with Crippen LogP contribution in [-0.2, 0) is 4.74 Å². The van der Waals surface area contributed by atoms with Gasteiger partial charge in [0, 0.05) is 6.54 Å². The van der Waals surface area contributed by atoms with Crippen molar-refractivity contribution in [3.8, 4) is 0 Å². The molecule has 0 aromatic heterocycles. The Hall–Kier alpha value is -0.120. The minimum absolute atomic E-state index is 0.242. The molecule has 0 fully saturated rings. The molecular formula is C12H27NO2. The molecule has 0 aliphatic rings. The van der Waals surface area contributed by atoms with Crippen molar-refractivity contribution >= 4 is 0 Å². The molecule has 0 aliphatic heterocycles. The lowest BCUT2D eigenvalue weighted by molar-refractivity contribution is -0.00840.